The lowest BCUT2D eigenvalue weighted by atomic mass is 10.1. The van der Waals surface area contributed by atoms with Crippen LogP contribution in [0.1, 0.15) is 30.3 Å². The molecular weight excluding hydrogens is 254 g/mol. The molecule has 0 aliphatic heterocycles. The van der Waals surface area contributed by atoms with Gasteiger partial charge in [-0.15, -0.1) is 11.3 Å². The monoisotopic (exact) mass is 268 g/mol. The fourth-order valence-electron chi connectivity index (χ4n) is 1.74. The van der Waals surface area contributed by atoms with Crippen LogP contribution in [0.3, 0.4) is 0 Å². The van der Waals surface area contributed by atoms with Gasteiger partial charge in [-0.25, -0.2) is 13.8 Å². The third-order valence-corrected chi connectivity index (χ3v) is 3.75. The van der Waals surface area contributed by atoms with Crippen LogP contribution in [0, 0.1) is 11.6 Å². The van der Waals surface area contributed by atoms with Crippen LogP contribution in [0.15, 0.2) is 18.2 Å². The van der Waals surface area contributed by atoms with Crippen molar-refractivity contribution in [1.29, 1.82) is 0 Å². The lowest BCUT2D eigenvalue weighted by molar-refractivity contribution is 0.603. The van der Waals surface area contributed by atoms with E-state index in [9.17, 15) is 8.78 Å². The smallest absolute Gasteiger partial charge is 0.133 e. The fraction of sp³-hybridized carbons (Fsp3) is 0.308. The number of thiazole rings is 1. The van der Waals surface area contributed by atoms with Crippen LogP contribution in [0.2, 0.25) is 0 Å². The molecule has 18 heavy (non-hydrogen) atoms. The summed E-state index contributed by atoms with van der Waals surface area (Å²) in [6, 6.07) is 3.38. The summed E-state index contributed by atoms with van der Waals surface area (Å²) in [5, 5.41) is 0.483. The molecule has 0 saturated carbocycles. The molecule has 0 saturated heterocycles. The normalized spacial score (nSPS) is 11.2. The van der Waals surface area contributed by atoms with E-state index >= 15 is 0 Å². The molecule has 1 heterocycles. The zero-order valence-electron chi connectivity index (χ0n) is 10.2. The SMILES string of the molecule is CC(C)c1nc(-c2cc(F)ccc2F)sc1CN. The van der Waals surface area contributed by atoms with Gasteiger partial charge in [0.15, 0.2) is 0 Å². The van der Waals surface area contributed by atoms with Crippen molar-refractivity contribution in [2.24, 2.45) is 5.73 Å². The Morgan fingerprint density at radius 3 is 2.61 bits per heavy atom. The van der Waals surface area contributed by atoms with E-state index in [0.717, 1.165) is 22.7 Å². The van der Waals surface area contributed by atoms with Crippen molar-refractivity contribution in [3.63, 3.8) is 0 Å². The molecule has 96 valence electrons. The molecule has 2 aromatic rings. The van der Waals surface area contributed by atoms with Gasteiger partial charge in [-0.3, -0.25) is 0 Å². The van der Waals surface area contributed by atoms with Crippen LogP contribution < -0.4 is 5.73 Å². The van der Waals surface area contributed by atoms with Crippen molar-refractivity contribution in [1.82, 2.24) is 4.98 Å². The number of nitrogens with zero attached hydrogens (tertiary/aromatic N) is 1. The first-order valence-electron chi connectivity index (χ1n) is 5.68. The van der Waals surface area contributed by atoms with Crippen LogP contribution in [0.25, 0.3) is 10.6 Å². The van der Waals surface area contributed by atoms with Crippen molar-refractivity contribution in [2.75, 3.05) is 0 Å². The van der Waals surface area contributed by atoms with Crippen molar-refractivity contribution in [3.8, 4) is 10.6 Å². The maximum atomic E-state index is 13.7. The average Bonchev–Trinajstić information content (AvgIpc) is 2.76. The van der Waals surface area contributed by atoms with Crippen LogP contribution in [-0.4, -0.2) is 4.98 Å². The van der Waals surface area contributed by atoms with Gasteiger partial charge in [0.2, 0.25) is 0 Å². The first-order chi connectivity index (χ1) is 8.52. The molecular formula is C13H14F2N2S. The Labute approximate surface area is 108 Å². The van der Waals surface area contributed by atoms with Gasteiger partial charge in [0.1, 0.15) is 16.6 Å². The summed E-state index contributed by atoms with van der Waals surface area (Å²) in [5.74, 6) is -0.726. The Bertz CT molecular complexity index is 564. The van der Waals surface area contributed by atoms with E-state index in [4.69, 9.17) is 5.73 Å². The van der Waals surface area contributed by atoms with Gasteiger partial charge < -0.3 is 5.73 Å². The summed E-state index contributed by atoms with van der Waals surface area (Å²) in [7, 11) is 0. The van der Waals surface area contributed by atoms with Crippen LogP contribution in [0.5, 0.6) is 0 Å². The summed E-state index contributed by atoms with van der Waals surface area (Å²) in [4.78, 5) is 5.30. The van der Waals surface area contributed by atoms with Crippen molar-refractivity contribution >= 4 is 11.3 Å². The molecule has 0 aliphatic rings. The highest BCUT2D eigenvalue weighted by Crippen LogP contribution is 2.33. The van der Waals surface area contributed by atoms with E-state index in [1.807, 2.05) is 13.8 Å². The van der Waals surface area contributed by atoms with Gasteiger partial charge in [-0.05, 0) is 24.1 Å². The highest BCUT2D eigenvalue weighted by Gasteiger charge is 2.16. The van der Waals surface area contributed by atoms with E-state index in [2.05, 4.69) is 4.98 Å². The molecule has 2 N–H and O–H groups in total. The number of hydrogen-bond acceptors (Lipinski definition) is 3. The predicted molar refractivity (Wildman–Crippen MR) is 69.4 cm³/mol. The third kappa shape index (κ3) is 2.42. The fourth-order valence-corrected chi connectivity index (χ4v) is 2.85. The van der Waals surface area contributed by atoms with Gasteiger partial charge in [0.25, 0.3) is 0 Å². The minimum Gasteiger partial charge on any atom is -0.326 e. The summed E-state index contributed by atoms with van der Waals surface area (Å²) in [6.45, 7) is 4.36. The topological polar surface area (TPSA) is 38.9 Å². The number of nitrogens with two attached hydrogens (primary N) is 1. The predicted octanol–water partition coefficient (Wildman–Crippen LogP) is 3.67. The molecule has 1 aromatic heterocycles. The molecule has 0 unspecified atom stereocenters. The van der Waals surface area contributed by atoms with E-state index < -0.39 is 11.6 Å². The third-order valence-electron chi connectivity index (χ3n) is 2.62. The lowest BCUT2D eigenvalue weighted by Crippen LogP contribution is -1.99. The Morgan fingerprint density at radius 2 is 2.06 bits per heavy atom. The van der Waals surface area contributed by atoms with Gasteiger partial charge in [-0.2, -0.15) is 0 Å². The average molecular weight is 268 g/mol. The number of hydrogen-bond donors (Lipinski definition) is 1. The largest absolute Gasteiger partial charge is 0.326 e. The molecule has 0 fully saturated rings. The lowest BCUT2D eigenvalue weighted by Gasteiger charge is -2.02. The van der Waals surface area contributed by atoms with Crippen molar-refractivity contribution in [2.45, 2.75) is 26.3 Å². The molecule has 0 spiro atoms. The van der Waals surface area contributed by atoms with Crippen molar-refractivity contribution in [3.05, 3.63) is 40.4 Å². The summed E-state index contributed by atoms with van der Waals surface area (Å²) in [5.41, 5.74) is 6.71. The summed E-state index contributed by atoms with van der Waals surface area (Å²) < 4.78 is 26.8. The first-order valence-corrected chi connectivity index (χ1v) is 6.49. The highest BCUT2D eigenvalue weighted by atomic mass is 32.1. The van der Waals surface area contributed by atoms with Crippen molar-refractivity contribution < 1.29 is 8.78 Å². The number of benzene rings is 1. The van der Waals surface area contributed by atoms with Crippen LogP contribution >= 0.6 is 11.3 Å². The maximum Gasteiger partial charge on any atom is 0.133 e. The van der Waals surface area contributed by atoms with Gasteiger partial charge in [0, 0.05) is 17.0 Å². The van der Waals surface area contributed by atoms with Crippen LogP contribution in [-0.2, 0) is 6.54 Å². The van der Waals surface area contributed by atoms with E-state index in [-0.39, 0.29) is 11.5 Å². The minimum absolute atomic E-state index is 0.196. The Balaban J connectivity index is 2.54. The van der Waals surface area contributed by atoms with E-state index in [1.165, 1.54) is 17.4 Å². The minimum atomic E-state index is -0.470. The Morgan fingerprint density at radius 1 is 1.33 bits per heavy atom. The zero-order valence-corrected chi connectivity index (χ0v) is 11.0. The number of rotatable bonds is 3. The maximum absolute atomic E-state index is 13.7. The standard InChI is InChI=1S/C13H14F2N2S/c1-7(2)12-11(6-16)18-13(17-12)9-5-8(14)3-4-10(9)15/h3-5,7H,6,16H2,1-2H3. The van der Waals surface area contributed by atoms with E-state index in [0.29, 0.717) is 11.6 Å². The second-order valence-corrected chi connectivity index (χ2v) is 5.39. The molecule has 0 radical (unpaired) electrons. The number of aromatic nitrogens is 1. The van der Waals surface area contributed by atoms with Gasteiger partial charge in [0.05, 0.1) is 5.69 Å². The molecule has 0 amide bonds. The highest BCUT2D eigenvalue weighted by molar-refractivity contribution is 7.15. The van der Waals surface area contributed by atoms with Gasteiger partial charge >= 0.3 is 0 Å². The Kier molecular flexibility index (Phi) is 3.73. The quantitative estimate of drug-likeness (QED) is 0.922. The molecule has 1 aromatic carbocycles. The molecule has 0 aliphatic carbocycles. The molecule has 2 nitrogen and oxygen atoms in total. The second-order valence-electron chi connectivity index (χ2n) is 4.31. The first kappa shape index (κ1) is 13.1. The second kappa shape index (κ2) is 5.12. The molecule has 0 bridgehead atoms. The van der Waals surface area contributed by atoms with E-state index in [1.54, 1.807) is 0 Å². The summed E-state index contributed by atoms with van der Waals surface area (Å²) >= 11 is 1.32. The summed E-state index contributed by atoms with van der Waals surface area (Å²) in [6.07, 6.45) is 0. The zero-order chi connectivity index (χ0) is 13.3. The Hall–Kier alpha value is -1.33. The van der Waals surface area contributed by atoms with Crippen LogP contribution in [0.4, 0.5) is 8.78 Å². The molecule has 5 heteroatoms. The van der Waals surface area contributed by atoms with Gasteiger partial charge in [-0.1, -0.05) is 13.8 Å². The number of halogens is 2. The molecule has 0 atom stereocenters. The molecule has 2 rings (SSSR count).